The van der Waals surface area contributed by atoms with Gasteiger partial charge in [0.25, 0.3) is 5.91 Å². The van der Waals surface area contributed by atoms with Gasteiger partial charge in [0, 0.05) is 43.3 Å². The molecule has 0 aromatic heterocycles. The summed E-state index contributed by atoms with van der Waals surface area (Å²) in [6, 6.07) is 4.70. The molecule has 1 N–H and O–H groups in total. The Morgan fingerprint density at radius 2 is 2.20 bits per heavy atom. The van der Waals surface area contributed by atoms with Gasteiger partial charge in [-0.25, -0.2) is 0 Å². The zero-order chi connectivity index (χ0) is 17.4. The van der Waals surface area contributed by atoms with Crippen molar-refractivity contribution in [3.8, 4) is 5.75 Å². The number of carbonyl (C=O) groups excluding carboxylic acids is 1. The van der Waals surface area contributed by atoms with Gasteiger partial charge in [-0.2, -0.15) is 0 Å². The molecule has 2 atom stereocenters. The minimum atomic E-state index is -0.0998. The first-order chi connectivity index (χ1) is 12.1. The maximum absolute atomic E-state index is 12.9. The summed E-state index contributed by atoms with van der Waals surface area (Å²) in [5.74, 6) is -0.140. The summed E-state index contributed by atoms with van der Waals surface area (Å²) >= 11 is 5.88. The van der Waals surface area contributed by atoms with Gasteiger partial charge in [0.1, 0.15) is 5.75 Å². The number of phenols is 1. The van der Waals surface area contributed by atoms with Gasteiger partial charge < -0.3 is 14.7 Å². The van der Waals surface area contributed by atoms with E-state index in [-0.39, 0.29) is 17.2 Å². The van der Waals surface area contributed by atoms with E-state index < -0.39 is 0 Å². The smallest absolute Gasteiger partial charge is 0.257 e. The molecule has 5 nitrogen and oxygen atoms in total. The summed E-state index contributed by atoms with van der Waals surface area (Å²) in [5, 5.41) is 10.5. The second-order valence-corrected chi connectivity index (χ2v) is 7.98. The Hall–Kier alpha value is -1.30. The summed E-state index contributed by atoms with van der Waals surface area (Å²) in [6.07, 6.45) is 5.93. The normalized spacial score (nSPS) is 29.8. The third kappa shape index (κ3) is 3.25. The molecule has 3 aliphatic rings. The van der Waals surface area contributed by atoms with Gasteiger partial charge in [-0.1, -0.05) is 11.6 Å². The van der Waals surface area contributed by atoms with Crippen LogP contribution >= 0.6 is 11.6 Å². The lowest BCUT2D eigenvalue weighted by Gasteiger charge is -2.57. The molecule has 0 aliphatic carbocycles. The van der Waals surface area contributed by atoms with E-state index in [9.17, 15) is 9.90 Å². The number of aromatic hydroxyl groups is 1. The van der Waals surface area contributed by atoms with Crippen LogP contribution in [0.15, 0.2) is 18.2 Å². The van der Waals surface area contributed by atoms with E-state index in [1.54, 1.807) is 12.1 Å². The first kappa shape index (κ1) is 17.1. The highest BCUT2D eigenvalue weighted by molar-refractivity contribution is 6.30. The molecule has 1 aromatic carbocycles. The van der Waals surface area contributed by atoms with Crippen LogP contribution in [-0.2, 0) is 4.74 Å². The standard InChI is InChI=1S/C19H25ClN2O3/c20-14-4-5-16(17(23)11-14)18(24)21-8-2-6-19(13-21)7-9-22(19)12-15-3-1-10-25-15/h4-5,11,15,23H,1-3,6-10,12-13H2/t15-,19-/m0/s1. The summed E-state index contributed by atoms with van der Waals surface area (Å²) in [4.78, 5) is 17.3. The van der Waals surface area contributed by atoms with Crippen molar-refractivity contribution in [2.45, 2.75) is 43.7 Å². The van der Waals surface area contributed by atoms with Crippen molar-refractivity contribution in [1.82, 2.24) is 9.80 Å². The number of amides is 1. The SMILES string of the molecule is O=C(c1ccc(Cl)cc1O)N1CCC[C@]2(CCN2C[C@@H]2CCCO2)C1. The molecule has 3 heterocycles. The van der Waals surface area contributed by atoms with E-state index in [0.717, 1.165) is 64.9 Å². The van der Waals surface area contributed by atoms with Gasteiger partial charge in [-0.05, 0) is 50.3 Å². The quantitative estimate of drug-likeness (QED) is 0.896. The van der Waals surface area contributed by atoms with Crippen molar-refractivity contribution in [1.29, 1.82) is 0 Å². The van der Waals surface area contributed by atoms with Crippen molar-refractivity contribution >= 4 is 17.5 Å². The highest BCUT2D eigenvalue weighted by Crippen LogP contribution is 2.40. The first-order valence-electron chi connectivity index (χ1n) is 9.22. The molecule has 3 aliphatic heterocycles. The van der Waals surface area contributed by atoms with Crippen LogP contribution in [0.5, 0.6) is 5.75 Å². The fourth-order valence-electron chi connectivity index (χ4n) is 4.51. The third-order valence-electron chi connectivity index (χ3n) is 6.00. The lowest BCUT2D eigenvalue weighted by atomic mass is 9.77. The monoisotopic (exact) mass is 364 g/mol. The Morgan fingerprint density at radius 1 is 1.32 bits per heavy atom. The average molecular weight is 365 g/mol. The number of halogens is 1. The van der Waals surface area contributed by atoms with Crippen LogP contribution in [0.2, 0.25) is 5.02 Å². The number of benzene rings is 1. The zero-order valence-corrected chi connectivity index (χ0v) is 15.2. The lowest BCUT2D eigenvalue weighted by molar-refractivity contribution is -0.0807. The van der Waals surface area contributed by atoms with Crippen LogP contribution in [-0.4, -0.2) is 65.2 Å². The van der Waals surface area contributed by atoms with Gasteiger partial charge in [-0.15, -0.1) is 0 Å². The van der Waals surface area contributed by atoms with Gasteiger partial charge in [0.05, 0.1) is 11.7 Å². The molecule has 1 spiro atoms. The molecule has 0 saturated carbocycles. The van der Waals surface area contributed by atoms with Gasteiger partial charge in [0.15, 0.2) is 0 Å². The highest BCUT2D eigenvalue weighted by atomic mass is 35.5. The summed E-state index contributed by atoms with van der Waals surface area (Å²) < 4.78 is 5.80. The van der Waals surface area contributed by atoms with Crippen molar-refractivity contribution in [2.75, 3.05) is 32.8 Å². The number of ether oxygens (including phenoxy) is 1. The van der Waals surface area contributed by atoms with Crippen LogP contribution in [0.4, 0.5) is 0 Å². The number of piperidine rings is 1. The maximum atomic E-state index is 12.9. The van der Waals surface area contributed by atoms with Crippen LogP contribution in [0.3, 0.4) is 0 Å². The summed E-state index contributed by atoms with van der Waals surface area (Å²) in [7, 11) is 0. The number of carbonyl (C=O) groups is 1. The second kappa shape index (κ2) is 6.78. The highest BCUT2D eigenvalue weighted by Gasteiger charge is 2.48. The molecular weight excluding hydrogens is 340 g/mol. The molecule has 0 unspecified atom stereocenters. The van der Waals surface area contributed by atoms with Crippen molar-refractivity contribution < 1.29 is 14.6 Å². The van der Waals surface area contributed by atoms with Crippen molar-refractivity contribution in [3.63, 3.8) is 0 Å². The fourth-order valence-corrected chi connectivity index (χ4v) is 4.68. The molecule has 1 amide bonds. The number of likely N-dealkylation sites (tertiary alicyclic amines) is 2. The van der Waals surface area contributed by atoms with Crippen LogP contribution in [0.1, 0.15) is 42.5 Å². The molecule has 0 bridgehead atoms. The Balaban J connectivity index is 1.46. The first-order valence-corrected chi connectivity index (χ1v) is 9.60. The fraction of sp³-hybridized carbons (Fsp3) is 0.632. The minimum absolute atomic E-state index is 0.0399. The van der Waals surface area contributed by atoms with Crippen molar-refractivity contribution in [2.24, 2.45) is 0 Å². The van der Waals surface area contributed by atoms with E-state index >= 15 is 0 Å². The Kier molecular flexibility index (Phi) is 4.65. The Bertz CT molecular complexity index is 662. The molecule has 6 heteroatoms. The molecule has 1 aromatic rings. The molecule has 136 valence electrons. The predicted molar refractivity (Wildman–Crippen MR) is 96.1 cm³/mol. The largest absolute Gasteiger partial charge is 0.507 e. The molecule has 3 fully saturated rings. The number of nitrogens with zero attached hydrogens (tertiary/aromatic N) is 2. The zero-order valence-electron chi connectivity index (χ0n) is 14.4. The molecular formula is C19H25ClN2O3. The topological polar surface area (TPSA) is 53.0 Å². The van der Waals surface area contributed by atoms with E-state index in [4.69, 9.17) is 16.3 Å². The maximum Gasteiger partial charge on any atom is 0.257 e. The van der Waals surface area contributed by atoms with Crippen LogP contribution in [0, 0.1) is 0 Å². The summed E-state index contributed by atoms with van der Waals surface area (Å²) in [6.45, 7) is 4.44. The predicted octanol–water partition coefficient (Wildman–Crippen LogP) is 2.91. The molecule has 4 rings (SSSR count). The van der Waals surface area contributed by atoms with Gasteiger partial charge >= 0.3 is 0 Å². The Labute approximate surface area is 153 Å². The Morgan fingerprint density at radius 3 is 2.88 bits per heavy atom. The third-order valence-corrected chi connectivity index (χ3v) is 6.23. The molecule has 25 heavy (non-hydrogen) atoms. The van der Waals surface area contributed by atoms with Crippen LogP contribution < -0.4 is 0 Å². The summed E-state index contributed by atoms with van der Waals surface area (Å²) in [5.41, 5.74) is 0.438. The van der Waals surface area contributed by atoms with Crippen LogP contribution in [0.25, 0.3) is 0 Å². The van der Waals surface area contributed by atoms with E-state index in [1.165, 1.54) is 6.07 Å². The van der Waals surface area contributed by atoms with E-state index in [1.807, 2.05) is 4.90 Å². The minimum Gasteiger partial charge on any atom is -0.507 e. The van der Waals surface area contributed by atoms with Gasteiger partial charge in [-0.3, -0.25) is 9.69 Å². The lowest BCUT2D eigenvalue weighted by Crippen LogP contribution is -2.68. The number of hydrogen-bond acceptors (Lipinski definition) is 4. The number of rotatable bonds is 3. The van der Waals surface area contributed by atoms with E-state index in [0.29, 0.717) is 16.7 Å². The number of phenolic OH excluding ortho intramolecular Hbond substituents is 1. The molecule has 0 radical (unpaired) electrons. The average Bonchev–Trinajstić information content (AvgIpc) is 3.12. The molecule has 3 saturated heterocycles. The van der Waals surface area contributed by atoms with Crippen molar-refractivity contribution in [3.05, 3.63) is 28.8 Å². The van der Waals surface area contributed by atoms with Gasteiger partial charge in [0.2, 0.25) is 0 Å². The second-order valence-electron chi connectivity index (χ2n) is 7.55. The number of hydrogen-bond donors (Lipinski definition) is 1. The van der Waals surface area contributed by atoms with E-state index in [2.05, 4.69) is 4.90 Å².